The topological polar surface area (TPSA) is 37.3 Å². The van der Waals surface area contributed by atoms with Crippen LogP contribution < -0.4 is 0 Å². The molecule has 1 rings (SSSR count). The molecule has 0 spiro atoms. The lowest BCUT2D eigenvalue weighted by Gasteiger charge is -2.05. The van der Waals surface area contributed by atoms with Crippen LogP contribution in [0.25, 0.3) is 0 Å². The first-order valence-corrected chi connectivity index (χ1v) is 3.83. The molecule has 3 heteroatoms. The third-order valence-corrected chi connectivity index (χ3v) is 1.89. The van der Waals surface area contributed by atoms with Gasteiger partial charge in [-0.15, -0.1) is 12.4 Å². The molecule has 2 nitrogen and oxygen atoms in total. The normalized spacial score (nSPS) is 9.15. The average Bonchev–Trinajstić information content (AvgIpc) is 1.82. The lowest BCUT2D eigenvalue weighted by atomic mass is 10.0. The Kier molecular flexibility index (Phi) is 3.95. The van der Waals surface area contributed by atoms with Gasteiger partial charge < -0.3 is 5.11 Å². The van der Waals surface area contributed by atoms with Crippen molar-refractivity contribution in [1.82, 2.24) is 0 Å². The Balaban J connectivity index is 0.00000144. The smallest absolute Gasteiger partial charge is 0.336 e. The molecule has 1 aromatic carbocycles. The zero-order valence-electron chi connectivity index (χ0n) is 7.92. The number of aromatic carboxylic acids is 1. The van der Waals surface area contributed by atoms with Crippen molar-refractivity contribution in [2.45, 2.75) is 20.8 Å². The van der Waals surface area contributed by atoms with Crippen LogP contribution in [0.4, 0.5) is 0 Å². The SMILES string of the molecule is Cc1cc(C)c(C(=O)O)c(C)c1.Cl. The molecule has 1 aromatic rings. The van der Waals surface area contributed by atoms with Gasteiger partial charge in [-0.05, 0) is 31.9 Å². The van der Waals surface area contributed by atoms with Gasteiger partial charge in [0.05, 0.1) is 5.56 Å². The van der Waals surface area contributed by atoms with Crippen LogP contribution in [0.2, 0.25) is 0 Å². The number of hydrogen-bond donors (Lipinski definition) is 1. The van der Waals surface area contributed by atoms with Crippen molar-refractivity contribution in [2.75, 3.05) is 0 Å². The minimum Gasteiger partial charge on any atom is -0.478 e. The predicted molar refractivity (Wildman–Crippen MR) is 54.9 cm³/mol. The van der Waals surface area contributed by atoms with Gasteiger partial charge in [0.25, 0.3) is 0 Å². The van der Waals surface area contributed by atoms with E-state index in [9.17, 15) is 4.79 Å². The van der Waals surface area contributed by atoms with E-state index in [1.165, 1.54) is 0 Å². The van der Waals surface area contributed by atoms with Crippen molar-refractivity contribution in [3.05, 3.63) is 34.4 Å². The van der Waals surface area contributed by atoms with Gasteiger partial charge in [0.15, 0.2) is 0 Å². The van der Waals surface area contributed by atoms with Gasteiger partial charge in [-0.1, -0.05) is 17.7 Å². The fraction of sp³-hybridized carbons (Fsp3) is 0.300. The average molecular weight is 201 g/mol. The van der Waals surface area contributed by atoms with Gasteiger partial charge in [0.2, 0.25) is 0 Å². The van der Waals surface area contributed by atoms with E-state index in [1.807, 2.05) is 32.9 Å². The Morgan fingerprint density at radius 2 is 1.54 bits per heavy atom. The molecule has 0 radical (unpaired) electrons. The molecule has 72 valence electrons. The molecule has 0 fully saturated rings. The van der Waals surface area contributed by atoms with Crippen LogP contribution >= 0.6 is 12.4 Å². The van der Waals surface area contributed by atoms with Gasteiger partial charge in [-0.25, -0.2) is 4.79 Å². The molecule has 0 atom stereocenters. The Morgan fingerprint density at radius 1 is 1.15 bits per heavy atom. The Bertz CT molecular complexity index is 309. The molecule has 0 aliphatic heterocycles. The molecule has 1 N–H and O–H groups in total. The van der Waals surface area contributed by atoms with Gasteiger partial charge in [0.1, 0.15) is 0 Å². The van der Waals surface area contributed by atoms with Gasteiger partial charge >= 0.3 is 5.97 Å². The van der Waals surface area contributed by atoms with E-state index < -0.39 is 5.97 Å². The van der Waals surface area contributed by atoms with Crippen LogP contribution in [0, 0.1) is 20.8 Å². The van der Waals surface area contributed by atoms with Gasteiger partial charge in [0, 0.05) is 0 Å². The summed E-state index contributed by atoms with van der Waals surface area (Å²) in [4.78, 5) is 10.8. The molecule has 0 bridgehead atoms. The van der Waals surface area contributed by atoms with E-state index in [2.05, 4.69) is 0 Å². The molecule has 0 saturated carbocycles. The standard InChI is InChI=1S/C10H12O2.ClH/c1-6-4-7(2)9(10(11)12)8(3)5-6;/h4-5H,1-3H3,(H,11,12);1H. The molecule has 0 heterocycles. The molecular weight excluding hydrogens is 188 g/mol. The minimum absolute atomic E-state index is 0. The quantitative estimate of drug-likeness (QED) is 0.757. The molecule has 0 aliphatic rings. The summed E-state index contributed by atoms with van der Waals surface area (Å²) in [6.45, 7) is 5.61. The second kappa shape index (κ2) is 4.28. The predicted octanol–water partition coefficient (Wildman–Crippen LogP) is 2.73. The number of carbonyl (C=O) groups is 1. The van der Waals surface area contributed by atoms with Crippen molar-refractivity contribution in [3.63, 3.8) is 0 Å². The summed E-state index contributed by atoms with van der Waals surface area (Å²) in [7, 11) is 0. The molecule has 0 saturated heterocycles. The number of carboxylic acids is 1. The van der Waals surface area contributed by atoms with Crippen molar-refractivity contribution in [2.24, 2.45) is 0 Å². The Labute approximate surface area is 84.0 Å². The second-order valence-corrected chi connectivity index (χ2v) is 3.08. The van der Waals surface area contributed by atoms with Crippen molar-refractivity contribution >= 4 is 18.4 Å². The Morgan fingerprint density at radius 3 is 1.85 bits per heavy atom. The summed E-state index contributed by atoms with van der Waals surface area (Å²) in [6.07, 6.45) is 0. The third kappa shape index (κ3) is 2.46. The molecular formula is C10H13ClO2. The maximum atomic E-state index is 10.8. The van der Waals surface area contributed by atoms with E-state index in [0.29, 0.717) is 5.56 Å². The minimum atomic E-state index is -0.843. The number of benzene rings is 1. The summed E-state index contributed by atoms with van der Waals surface area (Å²) >= 11 is 0. The van der Waals surface area contributed by atoms with Crippen LogP contribution in [0.1, 0.15) is 27.0 Å². The molecule has 0 aromatic heterocycles. The lowest BCUT2D eigenvalue weighted by Crippen LogP contribution is -2.03. The van der Waals surface area contributed by atoms with E-state index in [-0.39, 0.29) is 12.4 Å². The summed E-state index contributed by atoms with van der Waals surface area (Å²) in [5.74, 6) is -0.843. The highest BCUT2D eigenvalue weighted by molar-refractivity contribution is 5.91. The van der Waals surface area contributed by atoms with E-state index >= 15 is 0 Å². The highest BCUT2D eigenvalue weighted by Gasteiger charge is 2.09. The van der Waals surface area contributed by atoms with Crippen LogP contribution in [0.3, 0.4) is 0 Å². The maximum absolute atomic E-state index is 10.8. The van der Waals surface area contributed by atoms with E-state index in [1.54, 1.807) is 0 Å². The van der Waals surface area contributed by atoms with Crippen LogP contribution in [-0.2, 0) is 0 Å². The number of halogens is 1. The summed E-state index contributed by atoms with van der Waals surface area (Å²) in [5.41, 5.74) is 3.20. The molecule has 13 heavy (non-hydrogen) atoms. The van der Waals surface area contributed by atoms with E-state index in [0.717, 1.165) is 16.7 Å². The van der Waals surface area contributed by atoms with Crippen LogP contribution in [0.5, 0.6) is 0 Å². The lowest BCUT2D eigenvalue weighted by molar-refractivity contribution is 0.0695. The second-order valence-electron chi connectivity index (χ2n) is 3.08. The summed E-state index contributed by atoms with van der Waals surface area (Å²) in [5, 5.41) is 8.84. The third-order valence-electron chi connectivity index (χ3n) is 1.89. The first kappa shape index (κ1) is 12.0. The van der Waals surface area contributed by atoms with Crippen molar-refractivity contribution < 1.29 is 9.90 Å². The fourth-order valence-electron chi connectivity index (χ4n) is 1.52. The largest absolute Gasteiger partial charge is 0.478 e. The highest BCUT2D eigenvalue weighted by Crippen LogP contribution is 2.15. The summed E-state index contributed by atoms with van der Waals surface area (Å²) in [6, 6.07) is 3.77. The van der Waals surface area contributed by atoms with Crippen LogP contribution in [0.15, 0.2) is 12.1 Å². The number of aryl methyl sites for hydroxylation is 3. The zero-order chi connectivity index (χ0) is 9.30. The first-order valence-electron chi connectivity index (χ1n) is 3.83. The van der Waals surface area contributed by atoms with Crippen molar-refractivity contribution in [1.29, 1.82) is 0 Å². The zero-order valence-corrected chi connectivity index (χ0v) is 8.73. The fourth-order valence-corrected chi connectivity index (χ4v) is 1.52. The van der Waals surface area contributed by atoms with Gasteiger partial charge in [-0.2, -0.15) is 0 Å². The number of rotatable bonds is 1. The maximum Gasteiger partial charge on any atom is 0.336 e. The van der Waals surface area contributed by atoms with Gasteiger partial charge in [-0.3, -0.25) is 0 Å². The number of hydrogen-bond acceptors (Lipinski definition) is 1. The molecule has 0 amide bonds. The summed E-state index contributed by atoms with van der Waals surface area (Å²) < 4.78 is 0. The first-order chi connectivity index (χ1) is 5.52. The Hall–Kier alpha value is -1.02. The van der Waals surface area contributed by atoms with E-state index in [4.69, 9.17) is 5.11 Å². The highest BCUT2D eigenvalue weighted by atomic mass is 35.5. The number of carboxylic acid groups (broad SMARTS) is 1. The molecule has 0 unspecified atom stereocenters. The van der Waals surface area contributed by atoms with Crippen molar-refractivity contribution in [3.8, 4) is 0 Å². The molecule has 0 aliphatic carbocycles. The van der Waals surface area contributed by atoms with Crippen LogP contribution in [-0.4, -0.2) is 11.1 Å². The monoisotopic (exact) mass is 200 g/mol.